The number of aliphatic hydroxyl groups is 1. The number of fused-ring (bicyclic) bond motifs is 1. The third-order valence-electron chi connectivity index (χ3n) is 6.15. The first kappa shape index (κ1) is 21.3. The Hall–Kier alpha value is -2.90. The molecule has 3 atom stereocenters. The van der Waals surface area contributed by atoms with Gasteiger partial charge in [-0.3, -0.25) is 10.1 Å². The summed E-state index contributed by atoms with van der Waals surface area (Å²) in [5.74, 6) is 1.40. The van der Waals surface area contributed by atoms with Crippen LogP contribution in [0.5, 0.6) is 5.75 Å². The predicted octanol–water partition coefficient (Wildman–Crippen LogP) is 3.67. The second-order valence-corrected chi connectivity index (χ2v) is 8.08. The lowest BCUT2D eigenvalue weighted by atomic mass is 10.1. The smallest absolute Gasteiger partial charge is 0.253 e. The number of hydrogen-bond acceptors (Lipinski definition) is 6. The molecule has 1 aliphatic carbocycles. The normalized spacial score (nSPS) is 19.5. The van der Waals surface area contributed by atoms with Crippen LogP contribution in [0.25, 0.3) is 22.6 Å². The van der Waals surface area contributed by atoms with Crippen LogP contribution >= 0.6 is 0 Å². The Morgan fingerprint density at radius 2 is 2.06 bits per heavy atom. The number of nitrogens with one attached hydrogen (secondary N) is 1. The number of amides is 1. The third kappa shape index (κ3) is 4.43. The molecule has 164 valence electrons. The number of nitrogens with zero attached hydrogens (tertiary/aromatic N) is 2. The van der Waals surface area contributed by atoms with Gasteiger partial charge in [0.25, 0.3) is 5.91 Å². The van der Waals surface area contributed by atoms with E-state index >= 15 is 0 Å². The molecule has 1 fully saturated rings. The van der Waals surface area contributed by atoms with Crippen molar-refractivity contribution in [2.24, 2.45) is 5.92 Å². The zero-order valence-electron chi connectivity index (χ0n) is 18.2. The number of benzene rings is 2. The van der Waals surface area contributed by atoms with Crippen molar-refractivity contribution in [1.29, 1.82) is 0 Å². The van der Waals surface area contributed by atoms with Gasteiger partial charge in [-0.25, -0.2) is 4.98 Å². The van der Waals surface area contributed by atoms with Crippen molar-refractivity contribution >= 4 is 17.0 Å². The minimum atomic E-state index is -0.505. The first-order valence-electron chi connectivity index (χ1n) is 10.7. The molecule has 7 heteroatoms. The molecule has 0 bridgehead atoms. The highest BCUT2D eigenvalue weighted by molar-refractivity contribution is 5.94. The van der Waals surface area contributed by atoms with Crippen LogP contribution in [0.2, 0.25) is 0 Å². The fraction of sp³-hybridized carbons (Fsp3) is 0.417. The van der Waals surface area contributed by atoms with Gasteiger partial charge < -0.3 is 19.2 Å². The van der Waals surface area contributed by atoms with Gasteiger partial charge in [0.05, 0.1) is 7.11 Å². The maximum atomic E-state index is 13.0. The maximum absolute atomic E-state index is 13.0. The number of carbonyl (C=O) groups is 1. The van der Waals surface area contributed by atoms with Crippen LogP contribution < -0.4 is 10.1 Å². The monoisotopic (exact) mass is 423 g/mol. The topological polar surface area (TPSA) is 87.8 Å². The Kier molecular flexibility index (Phi) is 6.25. The molecule has 0 aliphatic heterocycles. The van der Waals surface area contributed by atoms with E-state index in [-0.39, 0.29) is 17.9 Å². The Morgan fingerprint density at radius 3 is 2.77 bits per heavy atom. The van der Waals surface area contributed by atoms with E-state index in [2.05, 4.69) is 10.3 Å². The molecule has 7 nitrogen and oxygen atoms in total. The number of aromatic nitrogens is 1. The summed E-state index contributed by atoms with van der Waals surface area (Å²) in [7, 11) is 3.46. The Balaban J connectivity index is 1.45. The first-order valence-corrected chi connectivity index (χ1v) is 10.7. The molecule has 3 unspecified atom stereocenters. The van der Waals surface area contributed by atoms with Crippen LogP contribution in [0.1, 0.15) is 36.5 Å². The summed E-state index contributed by atoms with van der Waals surface area (Å²) in [6.07, 6.45) is 2.12. The quantitative estimate of drug-likeness (QED) is 0.564. The van der Waals surface area contributed by atoms with Gasteiger partial charge >= 0.3 is 0 Å². The van der Waals surface area contributed by atoms with E-state index in [4.69, 9.17) is 9.15 Å². The molecule has 2 N–H and O–H groups in total. The fourth-order valence-electron chi connectivity index (χ4n) is 4.29. The molecule has 1 amide bonds. The highest BCUT2D eigenvalue weighted by atomic mass is 16.5. The molecule has 2 aromatic carbocycles. The Bertz CT molecular complexity index is 1050. The third-order valence-corrected chi connectivity index (χ3v) is 6.15. The molecule has 1 saturated carbocycles. The number of hydrogen-bond donors (Lipinski definition) is 2. The first-order chi connectivity index (χ1) is 15.0. The Labute approximate surface area is 182 Å². The molecular formula is C24H29N3O4. The van der Waals surface area contributed by atoms with Crippen molar-refractivity contribution in [3.63, 3.8) is 0 Å². The van der Waals surface area contributed by atoms with Gasteiger partial charge in [0, 0.05) is 36.2 Å². The number of oxazole rings is 1. The van der Waals surface area contributed by atoms with Gasteiger partial charge in [-0.15, -0.1) is 0 Å². The lowest BCUT2D eigenvalue weighted by Crippen LogP contribution is -2.38. The molecule has 1 aliphatic rings. The second-order valence-electron chi connectivity index (χ2n) is 8.08. The van der Waals surface area contributed by atoms with E-state index in [9.17, 15) is 9.90 Å². The van der Waals surface area contributed by atoms with Gasteiger partial charge in [0.15, 0.2) is 5.58 Å². The predicted molar refractivity (Wildman–Crippen MR) is 119 cm³/mol. The van der Waals surface area contributed by atoms with Gasteiger partial charge in [0.1, 0.15) is 17.5 Å². The largest absolute Gasteiger partial charge is 0.497 e. The number of methoxy groups -OCH3 is 1. The van der Waals surface area contributed by atoms with Crippen molar-refractivity contribution in [1.82, 2.24) is 15.2 Å². The number of carbonyl (C=O) groups excluding carboxylic acids is 1. The van der Waals surface area contributed by atoms with E-state index in [1.54, 1.807) is 12.0 Å². The molecule has 0 radical (unpaired) electrons. The van der Waals surface area contributed by atoms with Crippen molar-refractivity contribution in [2.45, 2.75) is 38.5 Å². The second kappa shape index (κ2) is 9.08. The maximum Gasteiger partial charge on any atom is 0.253 e. The number of aliphatic hydroxyl groups excluding tert-OH is 1. The van der Waals surface area contributed by atoms with Gasteiger partial charge in [-0.2, -0.15) is 0 Å². The van der Waals surface area contributed by atoms with Gasteiger partial charge in [-0.1, -0.05) is 6.92 Å². The average molecular weight is 424 g/mol. The molecule has 4 rings (SSSR count). The molecule has 0 spiro atoms. The van der Waals surface area contributed by atoms with Crippen molar-refractivity contribution < 1.29 is 19.1 Å². The molecule has 31 heavy (non-hydrogen) atoms. The number of rotatable bonds is 7. The standard InChI is InChI=1S/C24H29N3O4/c1-4-25-22(28)17-9-10-18(13-17)27(2)24(29)16-7-5-15(6-8-16)23-26-20-14-19(30-3)11-12-21(20)31-23/h5-8,11-12,14,17-18,22,25,28H,4,9-10,13H2,1-3H3. The summed E-state index contributed by atoms with van der Waals surface area (Å²) in [5, 5.41) is 13.3. The summed E-state index contributed by atoms with van der Waals surface area (Å²) in [5.41, 5.74) is 2.85. The summed E-state index contributed by atoms with van der Waals surface area (Å²) in [6, 6.07) is 13.0. The zero-order chi connectivity index (χ0) is 22.0. The van der Waals surface area contributed by atoms with E-state index in [1.165, 1.54) is 0 Å². The van der Waals surface area contributed by atoms with Crippen LogP contribution in [0.15, 0.2) is 46.9 Å². The fourth-order valence-corrected chi connectivity index (χ4v) is 4.29. The zero-order valence-corrected chi connectivity index (χ0v) is 18.2. The van der Waals surface area contributed by atoms with Crippen LogP contribution in [0.4, 0.5) is 0 Å². The van der Waals surface area contributed by atoms with E-state index in [1.807, 2.05) is 56.4 Å². The van der Waals surface area contributed by atoms with Crippen LogP contribution in [0, 0.1) is 5.92 Å². The van der Waals surface area contributed by atoms with E-state index < -0.39 is 6.23 Å². The highest BCUT2D eigenvalue weighted by Crippen LogP contribution is 2.32. The minimum Gasteiger partial charge on any atom is -0.497 e. The summed E-state index contributed by atoms with van der Waals surface area (Å²) in [4.78, 5) is 19.3. The van der Waals surface area contributed by atoms with Crippen molar-refractivity contribution in [3.05, 3.63) is 48.0 Å². The van der Waals surface area contributed by atoms with Crippen LogP contribution in [-0.2, 0) is 0 Å². The van der Waals surface area contributed by atoms with Crippen molar-refractivity contribution in [2.75, 3.05) is 20.7 Å². The molecule has 3 aromatic rings. The minimum absolute atomic E-state index is 0.0163. The van der Waals surface area contributed by atoms with Crippen LogP contribution in [0.3, 0.4) is 0 Å². The summed E-state index contributed by atoms with van der Waals surface area (Å²) in [6.45, 7) is 2.71. The molecular weight excluding hydrogens is 394 g/mol. The molecule has 1 aromatic heterocycles. The van der Waals surface area contributed by atoms with Crippen molar-refractivity contribution in [3.8, 4) is 17.2 Å². The number of ether oxygens (including phenoxy) is 1. The van der Waals surface area contributed by atoms with Crippen LogP contribution in [-0.4, -0.2) is 53.9 Å². The molecule has 1 heterocycles. The lowest BCUT2D eigenvalue weighted by molar-refractivity contribution is 0.0650. The summed E-state index contributed by atoms with van der Waals surface area (Å²) >= 11 is 0. The molecule has 0 saturated heterocycles. The SMILES string of the molecule is CCNC(O)C1CCC(N(C)C(=O)c2ccc(-c3nc4cc(OC)ccc4o3)cc2)C1. The lowest BCUT2D eigenvalue weighted by Gasteiger charge is -2.26. The van der Waals surface area contributed by atoms with Gasteiger partial charge in [-0.05, 0) is 62.2 Å². The van der Waals surface area contributed by atoms with Gasteiger partial charge in [0.2, 0.25) is 5.89 Å². The van der Waals surface area contributed by atoms with E-state index in [0.717, 1.165) is 42.6 Å². The van der Waals surface area contributed by atoms with E-state index in [0.29, 0.717) is 17.0 Å². The Morgan fingerprint density at radius 1 is 1.29 bits per heavy atom. The average Bonchev–Trinajstić information content (AvgIpc) is 3.45. The summed E-state index contributed by atoms with van der Waals surface area (Å²) < 4.78 is 11.1. The highest BCUT2D eigenvalue weighted by Gasteiger charge is 2.33.